The van der Waals surface area contributed by atoms with E-state index in [-0.39, 0.29) is 17.5 Å². The number of amides is 1. The molecule has 1 aliphatic heterocycles. The lowest BCUT2D eigenvalue weighted by Gasteiger charge is -2.34. The summed E-state index contributed by atoms with van der Waals surface area (Å²) in [6.45, 7) is 3.39. The number of nitrogens with zero attached hydrogens (tertiary/aromatic N) is 5. The molecule has 1 amide bonds. The predicted octanol–water partition coefficient (Wildman–Crippen LogP) is 3.18. The molecule has 1 aromatic carbocycles. The maximum absolute atomic E-state index is 12.9. The molecule has 176 valence electrons. The van der Waals surface area contributed by atoms with Gasteiger partial charge in [-0.3, -0.25) is 14.3 Å². The molecule has 1 aliphatic rings. The van der Waals surface area contributed by atoms with Gasteiger partial charge in [-0.25, -0.2) is 4.68 Å². The van der Waals surface area contributed by atoms with Gasteiger partial charge in [0.2, 0.25) is 0 Å². The van der Waals surface area contributed by atoms with Crippen molar-refractivity contribution >= 4 is 44.7 Å². The second kappa shape index (κ2) is 8.94. The topological polar surface area (TPSA) is 97.1 Å². The summed E-state index contributed by atoms with van der Waals surface area (Å²) in [5.74, 6) is 1.26. The number of nitrogens with one attached hydrogen (secondary N) is 2. The molecule has 9 nitrogen and oxygen atoms in total. The Bertz CT molecular complexity index is 1370. The lowest BCUT2D eigenvalue weighted by molar-refractivity contribution is 0.0937. The fourth-order valence-electron chi connectivity index (χ4n) is 4.25. The summed E-state index contributed by atoms with van der Waals surface area (Å²) in [5.41, 5.74) is 1.18. The second-order valence-electron chi connectivity index (χ2n) is 8.67. The van der Waals surface area contributed by atoms with E-state index in [0.29, 0.717) is 23.9 Å². The predicted molar refractivity (Wildman–Crippen MR) is 135 cm³/mol. The molecule has 4 aromatic rings. The maximum Gasteiger partial charge on any atom is 0.290 e. The average Bonchev–Trinajstić information content (AvgIpc) is 3.39. The number of anilines is 3. The summed E-state index contributed by atoms with van der Waals surface area (Å²) in [4.78, 5) is 28.4. The third-order valence-electron chi connectivity index (χ3n) is 6.16. The zero-order valence-electron chi connectivity index (χ0n) is 19.4. The first-order chi connectivity index (χ1) is 16.4. The standard InChI is InChI=1S/C24H27N7O2S/c1-15-11-21(27-29(15)2)26-18-13-22(28-30(3)24(18)33)31-10-6-8-17(14-31)25-23(32)20-12-16-7-4-5-9-19(16)34-20/h4-5,7,9,11-13,17H,6,8,10,14H2,1-3H3,(H,25,32)(H,26,27). The molecule has 0 spiro atoms. The average molecular weight is 478 g/mol. The fourth-order valence-corrected chi connectivity index (χ4v) is 5.22. The van der Waals surface area contributed by atoms with Crippen LogP contribution in [0.3, 0.4) is 0 Å². The van der Waals surface area contributed by atoms with E-state index in [0.717, 1.165) is 40.0 Å². The second-order valence-corrected chi connectivity index (χ2v) is 9.76. The zero-order valence-corrected chi connectivity index (χ0v) is 20.2. The van der Waals surface area contributed by atoms with E-state index in [4.69, 9.17) is 0 Å². The molecule has 3 aromatic heterocycles. The summed E-state index contributed by atoms with van der Waals surface area (Å²) < 4.78 is 4.20. The number of benzene rings is 1. The lowest BCUT2D eigenvalue weighted by atomic mass is 10.1. The molecule has 10 heteroatoms. The molecule has 34 heavy (non-hydrogen) atoms. The van der Waals surface area contributed by atoms with Crippen molar-refractivity contribution in [1.82, 2.24) is 24.9 Å². The van der Waals surface area contributed by atoms with Gasteiger partial charge in [0.25, 0.3) is 11.5 Å². The minimum absolute atomic E-state index is 0.000320. The number of aromatic nitrogens is 4. The van der Waals surface area contributed by atoms with Gasteiger partial charge in [-0.2, -0.15) is 10.2 Å². The molecule has 0 radical (unpaired) electrons. The Morgan fingerprint density at radius 1 is 1.12 bits per heavy atom. The largest absolute Gasteiger partial charge is 0.353 e. The van der Waals surface area contributed by atoms with Gasteiger partial charge in [0.05, 0.1) is 4.88 Å². The number of carbonyl (C=O) groups is 1. The molecule has 0 aliphatic carbocycles. The van der Waals surface area contributed by atoms with Gasteiger partial charge in [-0.05, 0) is 37.3 Å². The molecule has 1 saturated heterocycles. The molecular weight excluding hydrogens is 450 g/mol. The van der Waals surface area contributed by atoms with Crippen LogP contribution in [0.25, 0.3) is 10.1 Å². The third-order valence-corrected chi connectivity index (χ3v) is 7.27. The van der Waals surface area contributed by atoms with E-state index in [1.54, 1.807) is 17.8 Å². The highest BCUT2D eigenvalue weighted by Crippen LogP contribution is 2.26. The van der Waals surface area contributed by atoms with Crippen LogP contribution in [0, 0.1) is 6.92 Å². The summed E-state index contributed by atoms with van der Waals surface area (Å²) in [7, 11) is 3.50. The highest BCUT2D eigenvalue weighted by molar-refractivity contribution is 7.20. The maximum atomic E-state index is 12.9. The van der Waals surface area contributed by atoms with Crippen molar-refractivity contribution in [2.24, 2.45) is 14.1 Å². The number of hydrogen-bond donors (Lipinski definition) is 2. The van der Waals surface area contributed by atoms with E-state index in [9.17, 15) is 9.59 Å². The summed E-state index contributed by atoms with van der Waals surface area (Å²) in [5, 5.41) is 16.3. The summed E-state index contributed by atoms with van der Waals surface area (Å²) >= 11 is 1.51. The molecule has 1 unspecified atom stereocenters. The van der Waals surface area contributed by atoms with Crippen molar-refractivity contribution in [3.8, 4) is 0 Å². The normalized spacial score (nSPS) is 16.1. The molecular formula is C24H27N7O2S. The van der Waals surface area contributed by atoms with E-state index in [2.05, 4.69) is 25.7 Å². The van der Waals surface area contributed by atoms with E-state index in [1.807, 2.05) is 50.4 Å². The van der Waals surface area contributed by atoms with Crippen molar-refractivity contribution in [2.75, 3.05) is 23.3 Å². The Morgan fingerprint density at radius 3 is 2.71 bits per heavy atom. The SMILES string of the molecule is Cc1cc(Nc2cc(N3CCCC(NC(=O)c4cc5ccccc5s4)C3)nn(C)c2=O)nn1C. The minimum Gasteiger partial charge on any atom is -0.353 e. The van der Waals surface area contributed by atoms with Crippen molar-refractivity contribution in [1.29, 1.82) is 0 Å². The van der Waals surface area contributed by atoms with Crippen LogP contribution >= 0.6 is 11.3 Å². The monoisotopic (exact) mass is 477 g/mol. The van der Waals surface area contributed by atoms with Gasteiger partial charge in [-0.15, -0.1) is 11.3 Å². The first kappa shape index (κ1) is 22.1. The quantitative estimate of drug-likeness (QED) is 0.458. The van der Waals surface area contributed by atoms with Gasteiger partial charge < -0.3 is 15.5 Å². The van der Waals surface area contributed by atoms with Crippen LogP contribution in [0.5, 0.6) is 0 Å². The van der Waals surface area contributed by atoms with Crippen LogP contribution in [-0.4, -0.2) is 44.6 Å². The Morgan fingerprint density at radius 2 is 1.94 bits per heavy atom. The number of thiophene rings is 1. The fraction of sp³-hybridized carbons (Fsp3) is 0.333. The third kappa shape index (κ3) is 4.41. The van der Waals surface area contributed by atoms with Crippen molar-refractivity contribution < 1.29 is 4.79 Å². The molecule has 1 atom stereocenters. The minimum atomic E-state index is -0.223. The summed E-state index contributed by atoms with van der Waals surface area (Å²) in [6, 6.07) is 13.6. The Balaban J connectivity index is 1.32. The van der Waals surface area contributed by atoms with E-state index in [1.165, 1.54) is 16.0 Å². The van der Waals surface area contributed by atoms with Crippen LogP contribution in [0.1, 0.15) is 28.2 Å². The molecule has 1 fully saturated rings. The van der Waals surface area contributed by atoms with Crippen molar-refractivity contribution in [2.45, 2.75) is 25.8 Å². The first-order valence-corrected chi connectivity index (χ1v) is 12.1. The zero-order chi connectivity index (χ0) is 23.8. The molecule has 0 saturated carbocycles. The van der Waals surface area contributed by atoms with E-state index >= 15 is 0 Å². The first-order valence-electron chi connectivity index (χ1n) is 11.3. The number of rotatable bonds is 5. The van der Waals surface area contributed by atoms with Crippen LogP contribution in [0.2, 0.25) is 0 Å². The molecule has 4 heterocycles. The van der Waals surface area contributed by atoms with Crippen molar-refractivity contribution in [3.05, 3.63) is 63.4 Å². The van der Waals surface area contributed by atoms with Crippen LogP contribution in [-0.2, 0) is 14.1 Å². The van der Waals surface area contributed by atoms with Crippen LogP contribution < -0.4 is 21.1 Å². The number of piperidine rings is 1. The van der Waals surface area contributed by atoms with Crippen molar-refractivity contribution in [3.63, 3.8) is 0 Å². The number of aryl methyl sites for hydroxylation is 3. The van der Waals surface area contributed by atoms with Crippen LogP contribution in [0.4, 0.5) is 17.3 Å². The Kier molecular flexibility index (Phi) is 5.82. The molecule has 0 bridgehead atoms. The number of fused-ring (bicyclic) bond motifs is 1. The molecule has 5 rings (SSSR count). The van der Waals surface area contributed by atoms with Gasteiger partial charge in [0.15, 0.2) is 11.6 Å². The van der Waals surface area contributed by atoms with Gasteiger partial charge in [0.1, 0.15) is 5.69 Å². The van der Waals surface area contributed by atoms with Gasteiger partial charge in [-0.1, -0.05) is 18.2 Å². The van der Waals surface area contributed by atoms with Gasteiger partial charge in [0, 0.05) is 55.8 Å². The summed E-state index contributed by atoms with van der Waals surface area (Å²) in [6.07, 6.45) is 1.82. The Labute approximate surface area is 201 Å². The van der Waals surface area contributed by atoms with Gasteiger partial charge >= 0.3 is 0 Å². The highest BCUT2D eigenvalue weighted by atomic mass is 32.1. The Hall–Kier alpha value is -3.66. The van der Waals surface area contributed by atoms with E-state index < -0.39 is 0 Å². The number of hydrogen-bond acceptors (Lipinski definition) is 7. The highest BCUT2D eigenvalue weighted by Gasteiger charge is 2.24. The number of carbonyl (C=O) groups excluding carboxylic acids is 1. The smallest absolute Gasteiger partial charge is 0.290 e. The van der Waals surface area contributed by atoms with Crippen LogP contribution in [0.15, 0.2) is 47.3 Å². The molecule has 2 N–H and O–H groups in total. The lowest BCUT2D eigenvalue weighted by Crippen LogP contribution is -2.48.